The minimum atomic E-state index is 0.121. The Hall–Kier alpha value is -1.68. The predicted molar refractivity (Wildman–Crippen MR) is 87.7 cm³/mol. The third-order valence-corrected chi connectivity index (χ3v) is 3.68. The molecule has 0 saturated heterocycles. The van der Waals surface area contributed by atoms with Gasteiger partial charge in [0.1, 0.15) is 5.75 Å². The molecule has 0 spiro atoms. The molecule has 4 heteroatoms. The minimum Gasteiger partial charge on any atom is -0.489 e. The maximum absolute atomic E-state index is 6.17. The molecular weight excluding hydrogens is 268 g/mol. The molecule has 0 bridgehead atoms. The highest BCUT2D eigenvalue weighted by Gasteiger charge is 2.10. The van der Waals surface area contributed by atoms with Crippen LogP contribution in [0.2, 0.25) is 0 Å². The summed E-state index contributed by atoms with van der Waals surface area (Å²) in [6.45, 7) is 6.16. The van der Waals surface area contributed by atoms with E-state index in [2.05, 4.69) is 29.1 Å². The van der Waals surface area contributed by atoms with E-state index in [1.165, 1.54) is 5.56 Å². The van der Waals surface area contributed by atoms with Crippen molar-refractivity contribution < 1.29 is 4.74 Å². The quantitative estimate of drug-likeness (QED) is 0.785. The van der Waals surface area contributed by atoms with Crippen LogP contribution in [-0.2, 0) is 6.42 Å². The molecule has 0 aliphatic rings. The fourth-order valence-corrected chi connectivity index (χ4v) is 2.79. The van der Waals surface area contributed by atoms with Gasteiger partial charge in [-0.15, -0.1) is 0 Å². The number of thiophene rings is 1. The van der Waals surface area contributed by atoms with Crippen LogP contribution in [0.15, 0.2) is 35.0 Å². The molecule has 0 saturated carbocycles. The summed E-state index contributed by atoms with van der Waals surface area (Å²) in [5, 5.41) is 7.75. The van der Waals surface area contributed by atoms with Crippen LogP contribution in [0.4, 0.5) is 11.4 Å². The van der Waals surface area contributed by atoms with Gasteiger partial charge in [-0.05, 0) is 61.7 Å². The molecule has 0 amide bonds. The highest BCUT2D eigenvalue weighted by molar-refractivity contribution is 7.07. The lowest BCUT2D eigenvalue weighted by molar-refractivity contribution is 0.244. The van der Waals surface area contributed by atoms with Gasteiger partial charge in [0.2, 0.25) is 0 Å². The SMILES string of the molecule is CC(Cc1ccsc1)Nc1cccc(OC(C)C)c1N. The van der Waals surface area contributed by atoms with E-state index in [9.17, 15) is 0 Å². The fraction of sp³-hybridized carbons (Fsp3) is 0.375. The molecule has 1 aromatic carbocycles. The smallest absolute Gasteiger partial charge is 0.144 e. The van der Waals surface area contributed by atoms with E-state index in [0.29, 0.717) is 11.7 Å². The molecule has 1 heterocycles. The van der Waals surface area contributed by atoms with Gasteiger partial charge in [-0.1, -0.05) is 6.07 Å². The molecule has 20 heavy (non-hydrogen) atoms. The van der Waals surface area contributed by atoms with E-state index >= 15 is 0 Å². The van der Waals surface area contributed by atoms with Crippen LogP contribution < -0.4 is 15.8 Å². The molecule has 0 fully saturated rings. The number of anilines is 2. The van der Waals surface area contributed by atoms with Gasteiger partial charge >= 0.3 is 0 Å². The van der Waals surface area contributed by atoms with E-state index in [1.54, 1.807) is 11.3 Å². The first-order valence-corrected chi connectivity index (χ1v) is 7.83. The molecule has 2 aromatic rings. The van der Waals surface area contributed by atoms with Crippen molar-refractivity contribution in [1.82, 2.24) is 0 Å². The van der Waals surface area contributed by atoms with E-state index in [1.807, 2.05) is 32.0 Å². The fourth-order valence-electron chi connectivity index (χ4n) is 2.11. The first-order valence-electron chi connectivity index (χ1n) is 6.89. The van der Waals surface area contributed by atoms with Crippen LogP contribution in [0.5, 0.6) is 5.75 Å². The largest absolute Gasteiger partial charge is 0.489 e. The molecule has 3 N–H and O–H groups in total. The van der Waals surface area contributed by atoms with Crippen LogP contribution in [0.1, 0.15) is 26.3 Å². The summed E-state index contributed by atoms with van der Waals surface area (Å²) in [5.41, 5.74) is 9.13. The van der Waals surface area contributed by atoms with Gasteiger partial charge in [-0.2, -0.15) is 11.3 Å². The van der Waals surface area contributed by atoms with E-state index in [4.69, 9.17) is 10.5 Å². The van der Waals surface area contributed by atoms with Crippen molar-refractivity contribution in [3.8, 4) is 5.75 Å². The summed E-state index contributed by atoms with van der Waals surface area (Å²) >= 11 is 1.73. The molecule has 3 nitrogen and oxygen atoms in total. The van der Waals surface area contributed by atoms with Crippen molar-refractivity contribution in [3.63, 3.8) is 0 Å². The number of nitrogens with one attached hydrogen (secondary N) is 1. The average molecular weight is 290 g/mol. The second-order valence-electron chi connectivity index (χ2n) is 5.27. The lowest BCUT2D eigenvalue weighted by Gasteiger charge is -2.19. The molecule has 0 aliphatic heterocycles. The van der Waals surface area contributed by atoms with Crippen molar-refractivity contribution in [2.45, 2.75) is 39.3 Å². The topological polar surface area (TPSA) is 47.3 Å². The minimum absolute atomic E-state index is 0.121. The summed E-state index contributed by atoms with van der Waals surface area (Å²) < 4.78 is 5.71. The summed E-state index contributed by atoms with van der Waals surface area (Å²) in [6.07, 6.45) is 1.11. The summed E-state index contributed by atoms with van der Waals surface area (Å²) in [5.74, 6) is 0.743. The van der Waals surface area contributed by atoms with Gasteiger partial charge in [0.05, 0.1) is 17.5 Å². The number of ether oxygens (including phenoxy) is 1. The molecular formula is C16H22N2OS. The Balaban J connectivity index is 2.05. The number of hydrogen-bond donors (Lipinski definition) is 2. The van der Waals surface area contributed by atoms with Crippen LogP contribution in [0.3, 0.4) is 0 Å². The summed E-state index contributed by atoms with van der Waals surface area (Å²) in [7, 11) is 0. The zero-order valence-electron chi connectivity index (χ0n) is 12.2. The third kappa shape index (κ3) is 3.90. The Labute approximate surface area is 124 Å². The molecule has 0 radical (unpaired) electrons. The third-order valence-electron chi connectivity index (χ3n) is 2.95. The maximum Gasteiger partial charge on any atom is 0.144 e. The van der Waals surface area contributed by atoms with Gasteiger partial charge in [0.15, 0.2) is 0 Å². The Kier molecular flexibility index (Phi) is 4.90. The van der Waals surface area contributed by atoms with Crippen LogP contribution in [-0.4, -0.2) is 12.1 Å². The monoisotopic (exact) mass is 290 g/mol. The Morgan fingerprint density at radius 3 is 2.70 bits per heavy atom. The van der Waals surface area contributed by atoms with Crippen LogP contribution in [0.25, 0.3) is 0 Å². The molecule has 108 valence electrons. The first kappa shape index (κ1) is 14.7. The van der Waals surface area contributed by atoms with Crippen molar-refractivity contribution in [1.29, 1.82) is 0 Å². The summed E-state index contributed by atoms with van der Waals surface area (Å²) in [6, 6.07) is 8.34. The number of benzene rings is 1. The van der Waals surface area contributed by atoms with Gasteiger partial charge in [-0.3, -0.25) is 0 Å². The van der Waals surface area contributed by atoms with Gasteiger partial charge in [-0.25, -0.2) is 0 Å². The van der Waals surface area contributed by atoms with Gasteiger partial charge < -0.3 is 15.8 Å². The lowest BCUT2D eigenvalue weighted by Crippen LogP contribution is -2.19. The number of hydrogen-bond acceptors (Lipinski definition) is 4. The van der Waals surface area contributed by atoms with Gasteiger partial charge in [0, 0.05) is 6.04 Å². The van der Waals surface area contributed by atoms with E-state index < -0.39 is 0 Å². The van der Waals surface area contributed by atoms with Crippen molar-refractivity contribution in [2.24, 2.45) is 0 Å². The Morgan fingerprint density at radius 2 is 2.05 bits per heavy atom. The number of nitrogen functional groups attached to an aromatic ring is 1. The Morgan fingerprint density at radius 1 is 1.25 bits per heavy atom. The Bertz CT molecular complexity index is 537. The number of nitrogens with two attached hydrogens (primary N) is 1. The molecule has 1 atom stereocenters. The summed E-state index contributed by atoms with van der Waals surface area (Å²) in [4.78, 5) is 0. The van der Waals surface area contributed by atoms with Crippen molar-refractivity contribution in [2.75, 3.05) is 11.1 Å². The highest BCUT2D eigenvalue weighted by Crippen LogP contribution is 2.30. The van der Waals surface area contributed by atoms with Gasteiger partial charge in [0.25, 0.3) is 0 Å². The predicted octanol–water partition coefficient (Wildman–Crippen LogP) is 4.16. The number of para-hydroxylation sites is 1. The van der Waals surface area contributed by atoms with Crippen molar-refractivity contribution >= 4 is 22.7 Å². The number of rotatable bonds is 6. The molecule has 0 aliphatic carbocycles. The zero-order valence-corrected chi connectivity index (χ0v) is 13.0. The van der Waals surface area contributed by atoms with Crippen LogP contribution >= 0.6 is 11.3 Å². The maximum atomic E-state index is 6.17. The molecule has 2 rings (SSSR count). The normalized spacial score (nSPS) is 12.4. The first-order chi connectivity index (χ1) is 9.56. The molecule has 1 aromatic heterocycles. The second kappa shape index (κ2) is 6.66. The molecule has 1 unspecified atom stereocenters. The van der Waals surface area contributed by atoms with E-state index in [0.717, 1.165) is 17.9 Å². The standard InChI is InChI=1S/C16H22N2OS/c1-11(2)19-15-6-4-5-14(16(15)17)18-12(3)9-13-7-8-20-10-13/h4-8,10-12,18H,9,17H2,1-3H3. The second-order valence-corrected chi connectivity index (χ2v) is 6.05. The van der Waals surface area contributed by atoms with E-state index in [-0.39, 0.29) is 6.10 Å². The van der Waals surface area contributed by atoms with Crippen LogP contribution in [0, 0.1) is 0 Å². The highest BCUT2D eigenvalue weighted by atomic mass is 32.1. The van der Waals surface area contributed by atoms with Crippen molar-refractivity contribution in [3.05, 3.63) is 40.6 Å². The lowest BCUT2D eigenvalue weighted by atomic mass is 10.1. The average Bonchev–Trinajstić information content (AvgIpc) is 2.86. The zero-order chi connectivity index (χ0) is 14.5.